The lowest BCUT2D eigenvalue weighted by atomic mass is 10.2. The van der Waals surface area contributed by atoms with Crippen molar-refractivity contribution in [1.29, 1.82) is 0 Å². The summed E-state index contributed by atoms with van der Waals surface area (Å²) in [7, 11) is -4.57. The second-order valence-electron chi connectivity index (χ2n) is 2.97. The van der Waals surface area contributed by atoms with Gasteiger partial charge < -0.3 is 4.55 Å². The van der Waals surface area contributed by atoms with E-state index in [1.54, 1.807) is 6.92 Å². The van der Waals surface area contributed by atoms with E-state index in [-0.39, 0.29) is 5.56 Å². The van der Waals surface area contributed by atoms with Gasteiger partial charge in [0.25, 0.3) is 5.91 Å². The number of rotatable bonds is 3. The minimum absolute atomic E-state index is 0.000674. The van der Waals surface area contributed by atoms with Crippen molar-refractivity contribution in [3.05, 3.63) is 29.8 Å². The summed E-state index contributed by atoms with van der Waals surface area (Å²) in [6.07, 6.45) is 0. The van der Waals surface area contributed by atoms with Crippen molar-refractivity contribution in [3.63, 3.8) is 0 Å². The van der Waals surface area contributed by atoms with E-state index < -0.39 is 20.9 Å². The van der Waals surface area contributed by atoms with Crippen molar-refractivity contribution in [2.24, 2.45) is 9.98 Å². The van der Waals surface area contributed by atoms with Gasteiger partial charge in [-0.1, -0.05) is 6.07 Å². The summed E-state index contributed by atoms with van der Waals surface area (Å²) < 4.78 is 32.2. The van der Waals surface area contributed by atoms with E-state index >= 15 is 0 Å². The maximum absolute atomic E-state index is 11.4. The number of carbonyl (C=O) groups excluding carboxylic acids is 1. The number of hydrogen-bond acceptors (Lipinski definition) is 5. The first-order valence-corrected chi connectivity index (χ1v) is 6.08. The van der Waals surface area contributed by atoms with Gasteiger partial charge in [0.1, 0.15) is 10.1 Å². The van der Waals surface area contributed by atoms with Gasteiger partial charge in [-0.25, -0.2) is 13.4 Å². The molecule has 7 heteroatoms. The third-order valence-corrected chi connectivity index (χ3v) is 2.58. The number of amides is 1. The van der Waals surface area contributed by atoms with Gasteiger partial charge in [-0.05, 0) is 25.1 Å². The number of nitrogens with zero attached hydrogens (tertiary/aromatic N) is 2. The zero-order valence-corrected chi connectivity index (χ0v) is 9.77. The molecule has 0 aliphatic carbocycles. The first kappa shape index (κ1) is 13.2. The quantitative estimate of drug-likeness (QED) is 0.590. The fraction of sp³-hybridized carbons (Fsp3) is 0.200. The molecule has 0 N–H and O–H groups in total. The highest BCUT2D eigenvalue weighted by Crippen LogP contribution is 2.11. The van der Waals surface area contributed by atoms with Crippen LogP contribution in [-0.2, 0) is 10.1 Å². The average molecular weight is 253 g/mol. The topological polar surface area (TPSA) is 99.0 Å². The maximum atomic E-state index is 11.4. The van der Waals surface area contributed by atoms with Crippen LogP contribution >= 0.6 is 0 Å². The van der Waals surface area contributed by atoms with Crippen molar-refractivity contribution in [1.82, 2.24) is 0 Å². The molecule has 6 nitrogen and oxygen atoms in total. The minimum Gasteiger partial charge on any atom is -0.744 e. The highest BCUT2D eigenvalue weighted by Gasteiger charge is 2.07. The summed E-state index contributed by atoms with van der Waals surface area (Å²) >= 11 is 0. The zero-order valence-electron chi connectivity index (χ0n) is 8.95. The number of carbonyl (C=O) groups is 1. The van der Waals surface area contributed by atoms with Gasteiger partial charge in [-0.3, -0.25) is 4.79 Å². The molecule has 0 saturated carbocycles. The molecule has 0 fully saturated rings. The predicted octanol–water partition coefficient (Wildman–Crippen LogP) is 0.925. The summed E-state index contributed by atoms with van der Waals surface area (Å²) in [5.41, 5.74) is 0.000674. The van der Waals surface area contributed by atoms with Crippen LogP contribution in [0.25, 0.3) is 0 Å². The molecular formula is C10H9N2O4S-. The standard InChI is InChI=1S/C10H10N2O4S/c1-2-11-7-12-10(13)8-4-3-5-9(6-8)17(14,15)16/h3-6H,2H2,1H3,(H,14,15,16)/p-1. The Morgan fingerprint density at radius 1 is 1.47 bits per heavy atom. The second kappa shape index (κ2) is 5.49. The van der Waals surface area contributed by atoms with Gasteiger partial charge in [0, 0.05) is 12.1 Å². The first-order chi connectivity index (χ1) is 7.95. The fourth-order valence-electron chi connectivity index (χ4n) is 1.00. The molecule has 0 heterocycles. The molecule has 17 heavy (non-hydrogen) atoms. The van der Waals surface area contributed by atoms with E-state index in [4.69, 9.17) is 0 Å². The van der Waals surface area contributed by atoms with Crippen LogP contribution in [0.4, 0.5) is 0 Å². The minimum atomic E-state index is -4.57. The van der Waals surface area contributed by atoms with Gasteiger partial charge in [-0.15, -0.1) is 4.99 Å². The molecule has 1 rings (SSSR count). The van der Waals surface area contributed by atoms with Crippen LogP contribution in [0.3, 0.4) is 0 Å². The third kappa shape index (κ3) is 3.92. The van der Waals surface area contributed by atoms with Crippen LogP contribution in [0, 0.1) is 0 Å². The normalized spacial score (nSPS) is 10.5. The Balaban J connectivity index is 3.09. The van der Waals surface area contributed by atoms with Crippen LogP contribution in [0.5, 0.6) is 0 Å². The Morgan fingerprint density at radius 2 is 2.18 bits per heavy atom. The van der Waals surface area contributed by atoms with Crippen LogP contribution in [0.1, 0.15) is 17.3 Å². The molecule has 0 radical (unpaired) electrons. The van der Waals surface area contributed by atoms with Crippen LogP contribution in [-0.4, -0.2) is 31.4 Å². The highest BCUT2D eigenvalue weighted by molar-refractivity contribution is 7.85. The lowest BCUT2D eigenvalue weighted by Gasteiger charge is -2.06. The Hall–Kier alpha value is -1.82. The third-order valence-electron chi connectivity index (χ3n) is 1.75. The SMILES string of the molecule is CCN=C=NC(=O)c1cccc(S(=O)(=O)[O-])c1. The van der Waals surface area contributed by atoms with E-state index in [0.29, 0.717) is 6.54 Å². The largest absolute Gasteiger partial charge is 0.744 e. The molecule has 1 aromatic carbocycles. The molecule has 0 unspecified atom stereocenters. The predicted molar refractivity (Wildman–Crippen MR) is 59.1 cm³/mol. The molecular weight excluding hydrogens is 244 g/mol. The summed E-state index contributed by atoms with van der Waals surface area (Å²) in [6.45, 7) is 2.18. The van der Waals surface area contributed by atoms with Gasteiger partial charge in [0.2, 0.25) is 0 Å². The van der Waals surface area contributed by atoms with Gasteiger partial charge in [0.15, 0.2) is 0 Å². The van der Waals surface area contributed by atoms with Gasteiger partial charge in [0.05, 0.1) is 10.9 Å². The molecule has 0 bridgehead atoms. The molecule has 0 aliphatic heterocycles. The lowest BCUT2D eigenvalue weighted by Crippen LogP contribution is -2.01. The molecule has 0 aliphatic rings. The summed E-state index contributed by atoms with van der Waals surface area (Å²) in [4.78, 5) is 17.9. The molecule has 90 valence electrons. The first-order valence-electron chi connectivity index (χ1n) is 4.67. The number of hydrogen-bond donors (Lipinski definition) is 0. The van der Waals surface area contributed by atoms with Crippen LogP contribution < -0.4 is 0 Å². The number of aliphatic imine (C=N–C) groups is 2. The summed E-state index contributed by atoms with van der Waals surface area (Å²) in [5, 5.41) is 0. The second-order valence-corrected chi connectivity index (χ2v) is 4.35. The van der Waals surface area contributed by atoms with Crippen LogP contribution in [0.15, 0.2) is 39.1 Å². The van der Waals surface area contributed by atoms with Crippen LogP contribution in [0.2, 0.25) is 0 Å². The molecule has 0 atom stereocenters. The van der Waals surface area contributed by atoms with Crippen molar-refractivity contribution in [3.8, 4) is 0 Å². The average Bonchev–Trinajstić information content (AvgIpc) is 2.28. The Morgan fingerprint density at radius 3 is 2.76 bits per heavy atom. The molecule has 0 saturated heterocycles. The Kier molecular flexibility index (Phi) is 4.28. The van der Waals surface area contributed by atoms with E-state index in [2.05, 4.69) is 16.0 Å². The number of benzene rings is 1. The Bertz CT molecular complexity index is 586. The lowest BCUT2D eigenvalue weighted by molar-refractivity contribution is 0.100. The van der Waals surface area contributed by atoms with Gasteiger partial charge in [-0.2, -0.15) is 0 Å². The van der Waals surface area contributed by atoms with Crippen molar-refractivity contribution < 1.29 is 17.8 Å². The van der Waals surface area contributed by atoms with E-state index in [9.17, 15) is 17.8 Å². The Labute approximate surface area is 98.5 Å². The van der Waals surface area contributed by atoms with E-state index in [0.717, 1.165) is 12.1 Å². The highest BCUT2D eigenvalue weighted by atomic mass is 32.2. The summed E-state index contributed by atoms with van der Waals surface area (Å²) in [5.74, 6) is -0.701. The van der Waals surface area contributed by atoms with E-state index in [1.165, 1.54) is 12.1 Å². The van der Waals surface area contributed by atoms with Crippen molar-refractivity contribution in [2.45, 2.75) is 11.8 Å². The zero-order chi connectivity index (χ0) is 12.9. The molecule has 1 amide bonds. The molecule has 0 aromatic heterocycles. The van der Waals surface area contributed by atoms with E-state index in [1.807, 2.05) is 0 Å². The van der Waals surface area contributed by atoms with Gasteiger partial charge >= 0.3 is 0 Å². The fourth-order valence-corrected chi connectivity index (χ4v) is 1.52. The van der Waals surface area contributed by atoms with Crippen molar-refractivity contribution in [2.75, 3.05) is 6.54 Å². The van der Waals surface area contributed by atoms with Crippen molar-refractivity contribution >= 4 is 22.0 Å². The molecule has 1 aromatic rings. The smallest absolute Gasteiger partial charge is 0.286 e. The summed E-state index contributed by atoms with van der Waals surface area (Å²) in [6, 6.07) is 6.90. The maximum Gasteiger partial charge on any atom is 0.286 e. The molecule has 0 spiro atoms. The monoisotopic (exact) mass is 253 g/mol.